The summed E-state index contributed by atoms with van der Waals surface area (Å²) >= 11 is 1.14. The van der Waals surface area contributed by atoms with Crippen LogP contribution in [0.5, 0.6) is 0 Å². The second kappa shape index (κ2) is 10.0. The van der Waals surface area contributed by atoms with Crippen LogP contribution in [-0.2, 0) is 20.8 Å². The maximum atomic E-state index is 13.0. The van der Waals surface area contributed by atoms with E-state index >= 15 is 0 Å². The van der Waals surface area contributed by atoms with Gasteiger partial charge in [0.15, 0.2) is 5.78 Å². The molecule has 1 aromatic carbocycles. The number of carboxylic acids is 2. The zero-order valence-electron chi connectivity index (χ0n) is 15.6. The van der Waals surface area contributed by atoms with Crippen molar-refractivity contribution in [1.82, 2.24) is 10.6 Å². The van der Waals surface area contributed by atoms with E-state index in [1.165, 1.54) is 0 Å². The predicted molar refractivity (Wildman–Crippen MR) is 105 cm³/mol. The van der Waals surface area contributed by atoms with Crippen LogP contribution >= 0.6 is 11.8 Å². The van der Waals surface area contributed by atoms with Gasteiger partial charge >= 0.3 is 11.9 Å². The number of rotatable bonds is 11. The molecule has 4 atom stereocenters. The van der Waals surface area contributed by atoms with Gasteiger partial charge in [0.1, 0.15) is 17.0 Å². The summed E-state index contributed by atoms with van der Waals surface area (Å²) in [5.41, 5.74) is 1.00. The van der Waals surface area contributed by atoms with Gasteiger partial charge in [-0.25, -0.2) is 0 Å². The average Bonchev–Trinajstić information content (AvgIpc) is 3.11. The molecular formula is C19H26N2O6S. The summed E-state index contributed by atoms with van der Waals surface area (Å²) in [5.74, 6) is -2.28. The van der Waals surface area contributed by atoms with Crippen LogP contribution in [0.3, 0.4) is 0 Å². The van der Waals surface area contributed by atoms with Gasteiger partial charge in [-0.15, -0.1) is 11.8 Å². The lowest BCUT2D eigenvalue weighted by atomic mass is 9.99. The van der Waals surface area contributed by atoms with E-state index in [2.05, 4.69) is 10.6 Å². The van der Waals surface area contributed by atoms with Crippen LogP contribution in [0.15, 0.2) is 30.3 Å². The first-order valence-electron chi connectivity index (χ1n) is 9.11. The summed E-state index contributed by atoms with van der Waals surface area (Å²) in [6.45, 7) is 1.28. The van der Waals surface area contributed by atoms with Gasteiger partial charge in [0.2, 0.25) is 0 Å². The van der Waals surface area contributed by atoms with E-state index in [1.54, 1.807) is 6.92 Å². The third kappa shape index (κ3) is 5.54. The van der Waals surface area contributed by atoms with Crippen molar-refractivity contribution in [2.45, 2.75) is 49.2 Å². The fourth-order valence-corrected chi connectivity index (χ4v) is 4.71. The Bertz CT molecular complexity index is 701. The molecule has 0 bridgehead atoms. The molecule has 1 aliphatic heterocycles. The van der Waals surface area contributed by atoms with Crippen LogP contribution < -0.4 is 10.6 Å². The molecule has 1 saturated heterocycles. The van der Waals surface area contributed by atoms with Crippen LogP contribution in [0.4, 0.5) is 0 Å². The molecular weight excluding hydrogens is 384 g/mol. The first-order chi connectivity index (χ1) is 13.3. The zero-order chi connectivity index (χ0) is 20.7. The molecule has 0 spiro atoms. The standard InChI is InChI=1S/C19H26N2O6S/c1-12(16(23)19(9-10-22)21-15(11-28-19)18(26)27)20-14(17(24)25)8-7-13-5-3-2-4-6-13/h2-6,12,14-15,20-22H,7-11H2,1H3,(H,24,25)(H,26,27)/t12-,14?,15?,19?/m0/s1. The second-order valence-corrected chi connectivity index (χ2v) is 8.13. The summed E-state index contributed by atoms with van der Waals surface area (Å²) in [7, 11) is 0. The van der Waals surface area contributed by atoms with Crippen molar-refractivity contribution < 1.29 is 29.7 Å². The van der Waals surface area contributed by atoms with E-state index in [1.807, 2.05) is 30.3 Å². The number of thioether (sulfide) groups is 1. The highest BCUT2D eigenvalue weighted by Gasteiger charge is 2.48. The molecule has 1 heterocycles. The van der Waals surface area contributed by atoms with E-state index in [0.717, 1.165) is 17.3 Å². The number of aliphatic carboxylic acids is 2. The largest absolute Gasteiger partial charge is 0.480 e. The molecule has 1 aromatic rings. The lowest BCUT2D eigenvalue weighted by molar-refractivity contribution is -0.140. The number of carbonyl (C=O) groups excluding carboxylic acids is 1. The number of Topliss-reactive ketones (excluding diaryl/α,β-unsaturated/α-hetero) is 1. The second-order valence-electron chi connectivity index (χ2n) is 6.81. The molecule has 154 valence electrons. The number of nitrogens with one attached hydrogen (secondary N) is 2. The monoisotopic (exact) mass is 410 g/mol. The lowest BCUT2D eigenvalue weighted by Gasteiger charge is -2.31. The molecule has 0 aromatic heterocycles. The van der Waals surface area contributed by atoms with Gasteiger partial charge in [0.05, 0.1) is 6.04 Å². The number of hydrogen-bond acceptors (Lipinski definition) is 7. The quantitative estimate of drug-likeness (QED) is 0.353. The van der Waals surface area contributed by atoms with E-state index in [0.29, 0.717) is 12.8 Å². The number of hydrogen-bond donors (Lipinski definition) is 5. The normalized spacial score (nSPS) is 23.9. The minimum absolute atomic E-state index is 0.0497. The highest BCUT2D eigenvalue weighted by atomic mass is 32.2. The Balaban J connectivity index is 2.04. The van der Waals surface area contributed by atoms with E-state index in [9.17, 15) is 29.7 Å². The highest BCUT2D eigenvalue weighted by molar-refractivity contribution is 8.01. The van der Waals surface area contributed by atoms with Crippen molar-refractivity contribution in [3.05, 3.63) is 35.9 Å². The summed E-state index contributed by atoms with van der Waals surface area (Å²) in [5, 5.41) is 33.7. The smallest absolute Gasteiger partial charge is 0.321 e. The number of aryl methyl sites for hydroxylation is 1. The number of carbonyl (C=O) groups is 3. The molecule has 1 fully saturated rings. The minimum Gasteiger partial charge on any atom is -0.480 e. The van der Waals surface area contributed by atoms with Gasteiger partial charge in [0, 0.05) is 18.8 Å². The van der Waals surface area contributed by atoms with Gasteiger partial charge in [-0.05, 0) is 25.3 Å². The van der Waals surface area contributed by atoms with Crippen molar-refractivity contribution in [1.29, 1.82) is 0 Å². The number of ketones is 1. The van der Waals surface area contributed by atoms with Gasteiger partial charge in [-0.3, -0.25) is 25.0 Å². The highest BCUT2D eigenvalue weighted by Crippen LogP contribution is 2.35. The molecule has 3 unspecified atom stereocenters. The molecule has 9 heteroatoms. The molecule has 0 aliphatic carbocycles. The van der Waals surface area contributed by atoms with Crippen molar-refractivity contribution in [2.75, 3.05) is 12.4 Å². The van der Waals surface area contributed by atoms with E-state index in [4.69, 9.17) is 0 Å². The number of aliphatic hydroxyl groups excluding tert-OH is 1. The molecule has 28 heavy (non-hydrogen) atoms. The Kier molecular flexibility index (Phi) is 7.99. The van der Waals surface area contributed by atoms with Gasteiger partial charge in [-0.2, -0.15) is 0 Å². The number of benzene rings is 1. The maximum Gasteiger partial charge on any atom is 0.321 e. The van der Waals surface area contributed by atoms with Crippen LogP contribution in [0.25, 0.3) is 0 Å². The lowest BCUT2D eigenvalue weighted by Crippen LogP contribution is -2.58. The first kappa shape index (κ1) is 22.4. The maximum absolute atomic E-state index is 13.0. The topological polar surface area (TPSA) is 136 Å². The summed E-state index contributed by atoms with van der Waals surface area (Å²) in [4.78, 5) is 34.6. The Morgan fingerprint density at radius 3 is 2.50 bits per heavy atom. The number of carboxylic acid groups (broad SMARTS) is 2. The van der Waals surface area contributed by atoms with Gasteiger partial charge < -0.3 is 15.3 Å². The predicted octanol–water partition coefficient (Wildman–Crippen LogP) is 0.488. The average molecular weight is 410 g/mol. The Hall–Kier alpha value is -1.94. The summed E-state index contributed by atoms with van der Waals surface area (Å²) < 4.78 is 0. The Morgan fingerprint density at radius 1 is 1.29 bits per heavy atom. The first-order valence-corrected chi connectivity index (χ1v) is 10.1. The van der Waals surface area contributed by atoms with E-state index < -0.39 is 34.9 Å². The van der Waals surface area contributed by atoms with Crippen LogP contribution in [0, 0.1) is 0 Å². The van der Waals surface area contributed by atoms with Crippen molar-refractivity contribution in [3.63, 3.8) is 0 Å². The van der Waals surface area contributed by atoms with E-state index in [-0.39, 0.29) is 24.6 Å². The SMILES string of the molecule is C[C@H](NC(CCc1ccccc1)C(=O)O)C(=O)C1(CCO)NC(C(=O)O)CS1. The summed E-state index contributed by atoms with van der Waals surface area (Å²) in [6, 6.07) is 6.83. The molecule has 0 saturated carbocycles. The van der Waals surface area contributed by atoms with Crippen LogP contribution in [0.1, 0.15) is 25.3 Å². The zero-order valence-corrected chi connectivity index (χ0v) is 16.4. The molecule has 8 nitrogen and oxygen atoms in total. The van der Waals surface area contributed by atoms with Crippen molar-refractivity contribution >= 4 is 29.5 Å². The van der Waals surface area contributed by atoms with Gasteiger partial charge in [0.25, 0.3) is 0 Å². The Labute approximate surface area is 167 Å². The third-order valence-electron chi connectivity index (χ3n) is 4.77. The fourth-order valence-electron chi connectivity index (χ4n) is 3.25. The minimum atomic E-state index is -1.24. The fraction of sp³-hybridized carbons (Fsp3) is 0.526. The molecule has 0 radical (unpaired) electrons. The molecule has 2 rings (SSSR count). The third-order valence-corrected chi connectivity index (χ3v) is 6.29. The molecule has 5 N–H and O–H groups in total. The molecule has 0 amide bonds. The van der Waals surface area contributed by atoms with Crippen molar-refractivity contribution in [2.24, 2.45) is 0 Å². The summed E-state index contributed by atoms with van der Waals surface area (Å²) in [6.07, 6.45) is 0.901. The van der Waals surface area contributed by atoms with Crippen LogP contribution in [-0.4, -0.2) is 68.4 Å². The van der Waals surface area contributed by atoms with Gasteiger partial charge in [-0.1, -0.05) is 30.3 Å². The number of aliphatic hydroxyl groups is 1. The van der Waals surface area contributed by atoms with Crippen molar-refractivity contribution in [3.8, 4) is 0 Å². The molecule has 1 aliphatic rings. The van der Waals surface area contributed by atoms with Crippen LogP contribution in [0.2, 0.25) is 0 Å². The Morgan fingerprint density at radius 2 is 1.96 bits per heavy atom.